The largest absolute Gasteiger partial charge is 0.306 e. The number of nitriles is 1. The fourth-order valence-electron chi connectivity index (χ4n) is 1.64. The van der Waals surface area contributed by atoms with Gasteiger partial charge in [0.15, 0.2) is 0 Å². The Morgan fingerprint density at radius 3 is 2.62 bits per heavy atom. The summed E-state index contributed by atoms with van der Waals surface area (Å²) in [6, 6.07) is 2.26. The maximum atomic E-state index is 8.51. The van der Waals surface area contributed by atoms with Gasteiger partial charge in [0.05, 0.1) is 6.07 Å². The van der Waals surface area contributed by atoms with Crippen molar-refractivity contribution in [2.75, 3.05) is 20.1 Å². The van der Waals surface area contributed by atoms with Gasteiger partial charge in [-0.2, -0.15) is 5.26 Å². The van der Waals surface area contributed by atoms with Crippen molar-refractivity contribution in [3.8, 4) is 6.07 Å². The van der Waals surface area contributed by atoms with Crippen LogP contribution in [0.3, 0.4) is 0 Å². The fourth-order valence-corrected chi connectivity index (χ4v) is 1.64. The molecule has 13 heavy (non-hydrogen) atoms. The van der Waals surface area contributed by atoms with E-state index in [4.69, 9.17) is 5.26 Å². The summed E-state index contributed by atoms with van der Waals surface area (Å²) in [5.74, 6) is 0.671. The van der Waals surface area contributed by atoms with E-state index in [0.717, 1.165) is 6.42 Å². The van der Waals surface area contributed by atoms with Crippen LogP contribution in [0.15, 0.2) is 0 Å². The van der Waals surface area contributed by atoms with Gasteiger partial charge in [0.1, 0.15) is 0 Å². The molecule has 1 heterocycles. The van der Waals surface area contributed by atoms with E-state index in [9.17, 15) is 0 Å². The molecule has 1 unspecified atom stereocenters. The zero-order valence-electron chi connectivity index (χ0n) is 9.21. The average Bonchev–Trinajstić information content (AvgIpc) is 2.36. The lowest BCUT2D eigenvalue weighted by molar-refractivity contribution is 0.342. The monoisotopic (exact) mass is 182 g/mol. The molecule has 0 aliphatic carbocycles. The lowest BCUT2D eigenvalue weighted by atomic mass is 9.98. The number of rotatable bonds is 1. The van der Waals surface area contributed by atoms with E-state index in [2.05, 4.69) is 18.0 Å². The van der Waals surface area contributed by atoms with Crippen molar-refractivity contribution in [2.24, 2.45) is 5.92 Å². The second-order valence-corrected chi connectivity index (χ2v) is 3.46. The molecule has 0 aromatic rings. The Balaban J connectivity index is 0.000000671. The van der Waals surface area contributed by atoms with Crippen molar-refractivity contribution < 1.29 is 0 Å². The van der Waals surface area contributed by atoms with E-state index in [1.54, 1.807) is 0 Å². The zero-order valence-corrected chi connectivity index (χ0v) is 9.21. The summed E-state index contributed by atoms with van der Waals surface area (Å²) >= 11 is 0. The van der Waals surface area contributed by atoms with E-state index >= 15 is 0 Å². The van der Waals surface area contributed by atoms with Crippen molar-refractivity contribution in [2.45, 2.75) is 39.5 Å². The van der Waals surface area contributed by atoms with Crippen molar-refractivity contribution >= 4 is 0 Å². The molecule has 1 aliphatic rings. The second kappa shape index (κ2) is 8.07. The van der Waals surface area contributed by atoms with Gasteiger partial charge in [-0.25, -0.2) is 0 Å². The van der Waals surface area contributed by atoms with Crippen molar-refractivity contribution in [1.82, 2.24) is 4.90 Å². The summed E-state index contributed by atoms with van der Waals surface area (Å²) in [5.41, 5.74) is 0. The first-order chi connectivity index (χ1) is 6.33. The Bertz CT molecular complexity index is 149. The van der Waals surface area contributed by atoms with Crippen LogP contribution in [0, 0.1) is 17.2 Å². The topological polar surface area (TPSA) is 27.0 Å². The van der Waals surface area contributed by atoms with Gasteiger partial charge in [0.2, 0.25) is 0 Å². The third-order valence-electron chi connectivity index (χ3n) is 2.45. The highest BCUT2D eigenvalue weighted by Crippen LogP contribution is 2.18. The highest BCUT2D eigenvalue weighted by Gasteiger charge is 2.13. The molecule has 1 rings (SSSR count). The van der Waals surface area contributed by atoms with E-state index in [0.29, 0.717) is 5.92 Å². The van der Waals surface area contributed by atoms with Crippen LogP contribution < -0.4 is 0 Å². The van der Waals surface area contributed by atoms with Crippen LogP contribution in [-0.4, -0.2) is 25.0 Å². The normalized spacial score (nSPS) is 23.7. The Hall–Kier alpha value is -0.550. The van der Waals surface area contributed by atoms with Gasteiger partial charge < -0.3 is 4.90 Å². The molecular weight excluding hydrogens is 160 g/mol. The van der Waals surface area contributed by atoms with Gasteiger partial charge in [-0.3, -0.25) is 0 Å². The van der Waals surface area contributed by atoms with Gasteiger partial charge in [0, 0.05) is 6.42 Å². The summed E-state index contributed by atoms with van der Waals surface area (Å²) in [7, 11) is 2.16. The van der Waals surface area contributed by atoms with Crippen LogP contribution in [0.5, 0.6) is 0 Å². The van der Waals surface area contributed by atoms with Crippen LogP contribution in [0.2, 0.25) is 0 Å². The summed E-state index contributed by atoms with van der Waals surface area (Å²) in [6.07, 6.45) is 4.48. The first-order valence-corrected chi connectivity index (χ1v) is 5.38. The molecule has 0 aromatic heterocycles. The third kappa shape index (κ3) is 5.65. The van der Waals surface area contributed by atoms with Gasteiger partial charge in [0.25, 0.3) is 0 Å². The minimum absolute atomic E-state index is 0.671. The summed E-state index contributed by atoms with van der Waals surface area (Å²) in [6.45, 7) is 6.38. The van der Waals surface area contributed by atoms with Crippen LogP contribution >= 0.6 is 0 Å². The summed E-state index contributed by atoms with van der Waals surface area (Å²) < 4.78 is 0. The van der Waals surface area contributed by atoms with Gasteiger partial charge in [-0.05, 0) is 45.3 Å². The minimum atomic E-state index is 0.671. The molecule has 0 amide bonds. The molecule has 0 N–H and O–H groups in total. The molecule has 0 bridgehead atoms. The summed E-state index contributed by atoms with van der Waals surface area (Å²) in [4.78, 5) is 2.36. The molecular formula is C11H22N2. The lowest BCUT2D eigenvalue weighted by Crippen LogP contribution is -2.18. The molecule has 76 valence electrons. The average molecular weight is 182 g/mol. The SMILES string of the molecule is CC.CN1CCCC(CC#N)CC1. The Morgan fingerprint density at radius 2 is 2.00 bits per heavy atom. The maximum Gasteiger partial charge on any atom is 0.0624 e. The molecule has 2 heteroatoms. The predicted molar refractivity (Wildman–Crippen MR) is 56.4 cm³/mol. The van der Waals surface area contributed by atoms with Gasteiger partial charge in [-0.1, -0.05) is 13.8 Å². The molecule has 1 saturated heterocycles. The van der Waals surface area contributed by atoms with Crippen molar-refractivity contribution in [3.05, 3.63) is 0 Å². The molecule has 1 atom stereocenters. The molecule has 0 spiro atoms. The molecule has 1 fully saturated rings. The zero-order chi connectivity index (χ0) is 10.1. The lowest BCUT2D eigenvalue weighted by Gasteiger charge is -2.11. The highest BCUT2D eigenvalue weighted by atomic mass is 15.1. The van der Waals surface area contributed by atoms with E-state index in [-0.39, 0.29) is 0 Å². The Labute approximate surface area is 82.5 Å². The van der Waals surface area contributed by atoms with Crippen LogP contribution in [0.1, 0.15) is 39.5 Å². The molecule has 2 nitrogen and oxygen atoms in total. The number of hydrogen-bond acceptors (Lipinski definition) is 2. The fraction of sp³-hybridized carbons (Fsp3) is 0.909. The molecule has 0 radical (unpaired) electrons. The van der Waals surface area contributed by atoms with E-state index in [1.807, 2.05) is 13.8 Å². The Kier molecular flexibility index (Phi) is 7.73. The first kappa shape index (κ1) is 12.4. The number of likely N-dealkylation sites (tertiary alicyclic amines) is 1. The molecule has 1 aliphatic heterocycles. The van der Waals surface area contributed by atoms with Crippen molar-refractivity contribution in [1.29, 1.82) is 5.26 Å². The second-order valence-electron chi connectivity index (χ2n) is 3.46. The van der Waals surface area contributed by atoms with Gasteiger partial charge >= 0.3 is 0 Å². The molecule has 0 aromatic carbocycles. The molecule has 0 saturated carbocycles. The smallest absolute Gasteiger partial charge is 0.0624 e. The maximum absolute atomic E-state index is 8.51. The van der Waals surface area contributed by atoms with Crippen LogP contribution in [0.4, 0.5) is 0 Å². The Morgan fingerprint density at radius 1 is 1.31 bits per heavy atom. The minimum Gasteiger partial charge on any atom is -0.306 e. The van der Waals surface area contributed by atoms with Crippen LogP contribution in [-0.2, 0) is 0 Å². The standard InChI is InChI=1S/C9H16N2.C2H6/c1-11-7-2-3-9(4-6-10)5-8-11;1-2/h9H,2-5,7-8H2,1H3;1-2H3. The number of nitrogens with zero attached hydrogens (tertiary/aromatic N) is 2. The van der Waals surface area contributed by atoms with Crippen molar-refractivity contribution in [3.63, 3.8) is 0 Å². The highest BCUT2D eigenvalue weighted by molar-refractivity contribution is 4.78. The summed E-state index contributed by atoms with van der Waals surface area (Å²) in [5, 5.41) is 8.51. The third-order valence-corrected chi connectivity index (χ3v) is 2.45. The predicted octanol–water partition coefficient (Wildman–Crippen LogP) is 2.66. The van der Waals surface area contributed by atoms with Crippen LogP contribution in [0.25, 0.3) is 0 Å². The van der Waals surface area contributed by atoms with E-state index < -0.39 is 0 Å². The first-order valence-electron chi connectivity index (χ1n) is 5.38. The number of hydrogen-bond donors (Lipinski definition) is 0. The van der Waals surface area contributed by atoms with Gasteiger partial charge in [-0.15, -0.1) is 0 Å². The van der Waals surface area contributed by atoms with E-state index in [1.165, 1.54) is 32.4 Å². The quantitative estimate of drug-likeness (QED) is 0.623.